The number of amides is 1. The predicted octanol–water partition coefficient (Wildman–Crippen LogP) is 4.54. The van der Waals surface area contributed by atoms with Crippen LogP contribution in [0.2, 0.25) is 5.02 Å². The van der Waals surface area contributed by atoms with Gasteiger partial charge in [0.15, 0.2) is 0 Å². The lowest BCUT2D eigenvalue weighted by molar-refractivity contribution is -0.114. The van der Waals surface area contributed by atoms with Crippen LogP contribution < -0.4 is 19.5 Å². The molecule has 0 radical (unpaired) electrons. The molecule has 1 spiro atoms. The van der Waals surface area contributed by atoms with Crippen LogP contribution in [0.3, 0.4) is 0 Å². The van der Waals surface area contributed by atoms with Crippen molar-refractivity contribution in [3.8, 4) is 17.2 Å². The first-order chi connectivity index (χ1) is 14.9. The third kappa shape index (κ3) is 4.91. The number of likely N-dealkylation sites (tertiary alicyclic amines) is 1. The second kappa shape index (κ2) is 8.97. The smallest absolute Gasteiger partial charge is 0.221 e. The molecule has 2 aliphatic heterocycles. The fourth-order valence-corrected chi connectivity index (χ4v) is 4.61. The number of fused-ring (bicyclic) bond motifs is 1. The van der Waals surface area contributed by atoms with Gasteiger partial charge in [0.1, 0.15) is 29.5 Å². The number of benzene rings is 2. The monoisotopic (exact) mass is 444 g/mol. The zero-order valence-corrected chi connectivity index (χ0v) is 19.0. The summed E-state index contributed by atoms with van der Waals surface area (Å²) in [4.78, 5) is 13.9. The Hall–Kier alpha value is -2.44. The number of hydrogen-bond acceptors (Lipinski definition) is 5. The van der Waals surface area contributed by atoms with Gasteiger partial charge in [-0.1, -0.05) is 11.6 Å². The zero-order chi connectivity index (χ0) is 22.0. The van der Waals surface area contributed by atoms with Crippen LogP contribution in [0.1, 0.15) is 32.3 Å². The average Bonchev–Trinajstić information content (AvgIpc) is 3.09. The molecule has 166 valence electrons. The van der Waals surface area contributed by atoms with Crippen molar-refractivity contribution in [1.29, 1.82) is 0 Å². The Morgan fingerprint density at radius 1 is 1.26 bits per heavy atom. The van der Waals surface area contributed by atoms with Crippen molar-refractivity contribution in [3.05, 3.63) is 47.0 Å². The number of halogens is 1. The van der Waals surface area contributed by atoms with Crippen LogP contribution in [-0.4, -0.2) is 49.3 Å². The van der Waals surface area contributed by atoms with Crippen LogP contribution in [0, 0.1) is 0 Å². The molecule has 2 heterocycles. The average molecular weight is 445 g/mol. The first-order valence-electron chi connectivity index (χ1n) is 10.7. The maximum atomic E-state index is 11.5. The molecular weight excluding hydrogens is 416 g/mol. The minimum absolute atomic E-state index is 0.116. The van der Waals surface area contributed by atoms with Gasteiger partial charge in [0.05, 0.1) is 12.8 Å². The molecule has 1 atom stereocenters. The molecule has 0 saturated carbocycles. The van der Waals surface area contributed by atoms with Crippen molar-refractivity contribution in [3.63, 3.8) is 0 Å². The van der Waals surface area contributed by atoms with E-state index in [1.807, 2.05) is 18.2 Å². The lowest BCUT2D eigenvalue weighted by Gasteiger charge is -2.41. The summed E-state index contributed by atoms with van der Waals surface area (Å²) in [5.74, 6) is 2.14. The molecular formula is C24H29ClN2O4. The lowest BCUT2D eigenvalue weighted by Crippen LogP contribution is -2.51. The minimum atomic E-state index is -0.136. The number of carbonyl (C=O) groups excluding carboxylic acids is 1. The SMILES string of the molecule is COc1ccc(NC(C)=O)c(OCC(C)N2CCC3(CC2)Cc2cc(Cl)ccc2O3)c1. The van der Waals surface area contributed by atoms with Crippen LogP contribution in [0.5, 0.6) is 17.2 Å². The number of piperidine rings is 1. The van der Waals surface area contributed by atoms with E-state index in [1.165, 1.54) is 12.5 Å². The Balaban J connectivity index is 1.34. The maximum Gasteiger partial charge on any atom is 0.221 e. The molecule has 31 heavy (non-hydrogen) atoms. The van der Waals surface area contributed by atoms with Gasteiger partial charge in [-0.05, 0) is 42.8 Å². The van der Waals surface area contributed by atoms with Crippen LogP contribution in [-0.2, 0) is 11.2 Å². The van der Waals surface area contributed by atoms with E-state index < -0.39 is 0 Å². The topological polar surface area (TPSA) is 60.0 Å². The minimum Gasteiger partial charge on any atom is -0.497 e. The van der Waals surface area contributed by atoms with Gasteiger partial charge in [0, 0.05) is 56.4 Å². The number of methoxy groups -OCH3 is 1. The van der Waals surface area contributed by atoms with Gasteiger partial charge in [0.2, 0.25) is 5.91 Å². The highest BCUT2D eigenvalue weighted by Gasteiger charge is 2.42. The highest BCUT2D eigenvalue weighted by Crippen LogP contribution is 2.42. The quantitative estimate of drug-likeness (QED) is 0.708. The van der Waals surface area contributed by atoms with E-state index in [2.05, 4.69) is 17.1 Å². The molecule has 1 unspecified atom stereocenters. The summed E-state index contributed by atoms with van der Waals surface area (Å²) >= 11 is 6.15. The number of rotatable bonds is 6. The number of anilines is 1. The molecule has 1 amide bonds. The second-order valence-electron chi connectivity index (χ2n) is 8.45. The van der Waals surface area contributed by atoms with Gasteiger partial charge < -0.3 is 19.5 Å². The third-order valence-corrected chi connectivity index (χ3v) is 6.41. The molecule has 6 nitrogen and oxygen atoms in total. The third-order valence-electron chi connectivity index (χ3n) is 6.17. The normalized spacial score (nSPS) is 18.2. The first-order valence-corrected chi connectivity index (χ1v) is 11.1. The van der Waals surface area contributed by atoms with E-state index in [4.69, 9.17) is 25.8 Å². The summed E-state index contributed by atoms with van der Waals surface area (Å²) in [5.41, 5.74) is 1.74. The van der Waals surface area contributed by atoms with Gasteiger partial charge in [-0.2, -0.15) is 0 Å². The molecule has 1 saturated heterocycles. The van der Waals surface area contributed by atoms with E-state index in [1.54, 1.807) is 25.3 Å². The van der Waals surface area contributed by atoms with E-state index >= 15 is 0 Å². The van der Waals surface area contributed by atoms with E-state index in [9.17, 15) is 4.79 Å². The predicted molar refractivity (Wildman–Crippen MR) is 122 cm³/mol. The molecule has 0 aromatic heterocycles. The lowest BCUT2D eigenvalue weighted by atomic mass is 9.86. The van der Waals surface area contributed by atoms with Crippen LogP contribution in [0.15, 0.2) is 36.4 Å². The van der Waals surface area contributed by atoms with Gasteiger partial charge in [-0.15, -0.1) is 0 Å². The highest BCUT2D eigenvalue weighted by atomic mass is 35.5. The fourth-order valence-electron chi connectivity index (χ4n) is 4.41. The van der Waals surface area contributed by atoms with Crippen LogP contribution in [0.25, 0.3) is 0 Å². The van der Waals surface area contributed by atoms with Gasteiger partial charge in [-0.25, -0.2) is 0 Å². The maximum absolute atomic E-state index is 11.5. The molecule has 2 aromatic rings. The second-order valence-corrected chi connectivity index (χ2v) is 8.89. The van der Waals surface area contributed by atoms with E-state index in [-0.39, 0.29) is 17.6 Å². The molecule has 0 bridgehead atoms. The van der Waals surface area contributed by atoms with Gasteiger partial charge in [-0.3, -0.25) is 9.69 Å². The van der Waals surface area contributed by atoms with Crippen LogP contribution in [0.4, 0.5) is 5.69 Å². The Bertz CT molecular complexity index is 957. The zero-order valence-electron chi connectivity index (χ0n) is 18.2. The molecule has 2 aliphatic rings. The van der Waals surface area contributed by atoms with Crippen molar-refractivity contribution in [1.82, 2.24) is 4.90 Å². The van der Waals surface area contributed by atoms with Crippen molar-refractivity contribution in [2.75, 3.05) is 32.1 Å². The summed E-state index contributed by atoms with van der Waals surface area (Å²) in [6.45, 7) is 6.06. The standard InChI is InChI=1S/C24H29ClN2O4/c1-16(15-30-23-13-20(29-3)5-6-21(23)26-17(2)28)27-10-8-24(9-11-27)14-18-12-19(25)4-7-22(18)31-24/h4-7,12-13,16H,8-11,14-15H2,1-3H3,(H,26,28). The molecule has 4 rings (SSSR count). The highest BCUT2D eigenvalue weighted by molar-refractivity contribution is 6.30. The number of ether oxygens (including phenoxy) is 3. The Morgan fingerprint density at radius 2 is 2.03 bits per heavy atom. The molecule has 1 N–H and O–H groups in total. The first kappa shape index (κ1) is 21.8. The molecule has 1 fully saturated rings. The number of nitrogens with zero attached hydrogens (tertiary/aromatic N) is 1. The fraction of sp³-hybridized carbons (Fsp3) is 0.458. The number of carbonyl (C=O) groups is 1. The summed E-state index contributed by atoms with van der Waals surface area (Å²) < 4.78 is 17.7. The number of hydrogen-bond donors (Lipinski definition) is 1. The van der Waals surface area contributed by atoms with Crippen molar-refractivity contribution in [2.45, 2.75) is 44.8 Å². The number of nitrogens with one attached hydrogen (secondary N) is 1. The summed E-state index contributed by atoms with van der Waals surface area (Å²) in [7, 11) is 1.61. The van der Waals surface area contributed by atoms with Crippen molar-refractivity contribution < 1.29 is 19.0 Å². The Kier molecular flexibility index (Phi) is 6.30. The summed E-state index contributed by atoms with van der Waals surface area (Å²) in [6, 6.07) is 11.5. The van der Waals surface area contributed by atoms with E-state index in [0.717, 1.165) is 43.1 Å². The Morgan fingerprint density at radius 3 is 2.74 bits per heavy atom. The van der Waals surface area contributed by atoms with Gasteiger partial charge in [0.25, 0.3) is 0 Å². The molecule has 0 aliphatic carbocycles. The summed E-state index contributed by atoms with van der Waals surface area (Å²) in [5, 5.41) is 3.58. The molecule has 2 aromatic carbocycles. The summed E-state index contributed by atoms with van der Waals surface area (Å²) in [6.07, 6.45) is 2.87. The van der Waals surface area contributed by atoms with Crippen LogP contribution >= 0.6 is 11.6 Å². The van der Waals surface area contributed by atoms with Crippen molar-refractivity contribution in [2.24, 2.45) is 0 Å². The molecule has 7 heteroatoms. The largest absolute Gasteiger partial charge is 0.497 e. The van der Waals surface area contributed by atoms with Gasteiger partial charge >= 0.3 is 0 Å². The van der Waals surface area contributed by atoms with Crippen molar-refractivity contribution >= 4 is 23.2 Å². The Labute approximate surface area is 188 Å². The van der Waals surface area contributed by atoms with E-state index in [0.29, 0.717) is 23.8 Å².